The average Bonchev–Trinajstić information content (AvgIpc) is 3.23. The monoisotopic (exact) mass is 373 g/mol. The van der Waals surface area contributed by atoms with Crippen molar-refractivity contribution in [1.82, 2.24) is 4.40 Å². The molecule has 0 spiro atoms. The Hall–Kier alpha value is -3.14. The van der Waals surface area contributed by atoms with E-state index in [1.54, 1.807) is 21.3 Å². The van der Waals surface area contributed by atoms with Gasteiger partial charge in [-0.15, -0.1) is 0 Å². The van der Waals surface area contributed by atoms with Crippen molar-refractivity contribution in [3.8, 4) is 28.4 Å². The molecule has 4 nitrogen and oxygen atoms in total. The largest absolute Gasteiger partial charge is 0.493 e. The molecule has 2 aromatic carbocycles. The molecule has 1 aliphatic carbocycles. The third kappa shape index (κ3) is 2.30. The Balaban J connectivity index is 1.92. The molecule has 5 rings (SSSR count). The highest BCUT2D eigenvalue weighted by atomic mass is 16.5. The number of hydrogen-bond donors (Lipinski definition) is 0. The van der Waals surface area contributed by atoms with Gasteiger partial charge in [0.25, 0.3) is 0 Å². The molecule has 0 atom stereocenters. The fourth-order valence-electron chi connectivity index (χ4n) is 4.67. The molecule has 0 unspecified atom stereocenters. The molecule has 4 aromatic rings. The number of benzene rings is 2. The van der Waals surface area contributed by atoms with Gasteiger partial charge < -0.3 is 18.6 Å². The molecule has 0 bridgehead atoms. The van der Waals surface area contributed by atoms with Crippen LogP contribution in [-0.2, 0) is 12.8 Å². The van der Waals surface area contributed by atoms with Crippen LogP contribution in [0.4, 0.5) is 0 Å². The van der Waals surface area contributed by atoms with Crippen LogP contribution in [0.2, 0.25) is 0 Å². The van der Waals surface area contributed by atoms with Crippen molar-refractivity contribution in [2.24, 2.45) is 0 Å². The summed E-state index contributed by atoms with van der Waals surface area (Å²) in [5, 5.41) is 1.39. The maximum absolute atomic E-state index is 5.62. The molecule has 0 aliphatic heterocycles. The van der Waals surface area contributed by atoms with E-state index in [9.17, 15) is 0 Å². The highest BCUT2D eigenvalue weighted by Gasteiger charge is 2.23. The van der Waals surface area contributed by atoms with Crippen LogP contribution in [-0.4, -0.2) is 25.7 Å². The normalized spacial score (nSPS) is 13.1. The van der Waals surface area contributed by atoms with Gasteiger partial charge in [0, 0.05) is 17.1 Å². The summed E-state index contributed by atoms with van der Waals surface area (Å²) < 4.78 is 19.1. The third-order valence-electron chi connectivity index (χ3n) is 5.82. The number of nitrogens with zero attached hydrogens (tertiary/aromatic N) is 1. The summed E-state index contributed by atoms with van der Waals surface area (Å²) in [5.74, 6) is 1.98. The minimum absolute atomic E-state index is 0.621. The van der Waals surface area contributed by atoms with Gasteiger partial charge in [-0.3, -0.25) is 0 Å². The van der Waals surface area contributed by atoms with E-state index in [4.69, 9.17) is 14.2 Å². The van der Waals surface area contributed by atoms with E-state index < -0.39 is 0 Å². The average molecular weight is 373 g/mol. The van der Waals surface area contributed by atoms with Gasteiger partial charge in [-0.2, -0.15) is 0 Å². The van der Waals surface area contributed by atoms with Gasteiger partial charge in [-0.05, 0) is 66.3 Å². The second kappa shape index (κ2) is 6.48. The minimum Gasteiger partial charge on any atom is -0.493 e. The van der Waals surface area contributed by atoms with Gasteiger partial charge >= 0.3 is 0 Å². The van der Waals surface area contributed by atoms with Crippen LogP contribution in [0.25, 0.3) is 27.5 Å². The van der Waals surface area contributed by atoms with Crippen molar-refractivity contribution in [1.29, 1.82) is 0 Å². The zero-order valence-electron chi connectivity index (χ0n) is 16.4. The summed E-state index contributed by atoms with van der Waals surface area (Å²) >= 11 is 0. The molecule has 0 fully saturated rings. The number of fused-ring (bicyclic) bond motifs is 2. The van der Waals surface area contributed by atoms with E-state index in [0.29, 0.717) is 17.2 Å². The number of aromatic nitrogens is 1. The highest BCUT2D eigenvalue weighted by molar-refractivity contribution is 6.00. The molecule has 142 valence electrons. The molecule has 0 amide bonds. The quantitative estimate of drug-likeness (QED) is 0.488. The molecule has 2 heterocycles. The third-order valence-corrected chi connectivity index (χ3v) is 5.82. The van der Waals surface area contributed by atoms with E-state index in [1.807, 2.05) is 0 Å². The predicted molar refractivity (Wildman–Crippen MR) is 112 cm³/mol. The Kier molecular flexibility index (Phi) is 3.93. The topological polar surface area (TPSA) is 32.1 Å². The zero-order chi connectivity index (χ0) is 19.3. The van der Waals surface area contributed by atoms with Crippen LogP contribution in [0.3, 0.4) is 0 Å². The van der Waals surface area contributed by atoms with Crippen molar-refractivity contribution in [2.75, 3.05) is 21.3 Å². The fourth-order valence-corrected chi connectivity index (χ4v) is 4.67. The Morgan fingerprint density at radius 2 is 1.57 bits per heavy atom. The SMILES string of the molecule is COc1cc(-c2c3c4c(cccc4n4cccc24)CCC3)cc(OC)c1OC. The first-order valence-corrected chi connectivity index (χ1v) is 9.60. The number of rotatable bonds is 4. The first-order chi connectivity index (χ1) is 13.8. The van der Waals surface area contributed by atoms with E-state index in [2.05, 4.69) is 53.1 Å². The van der Waals surface area contributed by atoms with Crippen molar-refractivity contribution in [2.45, 2.75) is 19.3 Å². The highest BCUT2D eigenvalue weighted by Crippen LogP contribution is 2.45. The van der Waals surface area contributed by atoms with Gasteiger partial charge in [0.2, 0.25) is 5.75 Å². The standard InChI is InChI=1S/C24H23NO3/c1-26-20-13-16(14-21(27-2)24(20)28-3)23-17-9-4-7-15-8-5-10-18(22(15)17)25-12-6-11-19(23)25/h5-6,8,10-14H,4,7,9H2,1-3H3. The van der Waals surface area contributed by atoms with Gasteiger partial charge in [0.1, 0.15) is 0 Å². The van der Waals surface area contributed by atoms with Crippen molar-refractivity contribution in [3.63, 3.8) is 0 Å². The lowest BCUT2D eigenvalue weighted by Crippen LogP contribution is -2.07. The van der Waals surface area contributed by atoms with E-state index in [-0.39, 0.29) is 0 Å². The summed E-state index contributed by atoms with van der Waals surface area (Å²) in [5.41, 5.74) is 7.68. The molecule has 0 saturated carbocycles. The van der Waals surface area contributed by atoms with Crippen molar-refractivity contribution < 1.29 is 14.2 Å². The maximum Gasteiger partial charge on any atom is 0.203 e. The number of pyridine rings is 1. The fraction of sp³-hybridized carbons (Fsp3) is 0.250. The Bertz CT molecular complexity index is 1180. The molecule has 0 saturated heterocycles. The Labute approximate surface area is 164 Å². The summed E-state index contributed by atoms with van der Waals surface area (Å²) in [6, 6.07) is 15.1. The van der Waals surface area contributed by atoms with Crippen LogP contribution in [0.1, 0.15) is 17.5 Å². The number of ether oxygens (including phenoxy) is 3. The summed E-state index contributed by atoms with van der Waals surface area (Å²) in [6.07, 6.45) is 5.52. The first kappa shape index (κ1) is 17.0. The van der Waals surface area contributed by atoms with Crippen LogP contribution in [0.5, 0.6) is 17.2 Å². The summed E-state index contributed by atoms with van der Waals surface area (Å²) in [6.45, 7) is 0. The van der Waals surface area contributed by atoms with Crippen molar-refractivity contribution >= 4 is 16.4 Å². The first-order valence-electron chi connectivity index (χ1n) is 9.60. The molecule has 1 aliphatic rings. The van der Waals surface area contributed by atoms with Crippen LogP contribution < -0.4 is 14.2 Å². The number of methoxy groups -OCH3 is 3. The van der Waals surface area contributed by atoms with Crippen molar-refractivity contribution in [3.05, 3.63) is 59.8 Å². The molecule has 0 radical (unpaired) electrons. The summed E-state index contributed by atoms with van der Waals surface area (Å²) in [4.78, 5) is 0. The van der Waals surface area contributed by atoms with Gasteiger partial charge in [-0.25, -0.2) is 0 Å². The van der Waals surface area contributed by atoms with Crippen LogP contribution in [0.15, 0.2) is 48.7 Å². The smallest absolute Gasteiger partial charge is 0.203 e. The van der Waals surface area contributed by atoms with Crippen LogP contribution in [0, 0.1) is 0 Å². The van der Waals surface area contributed by atoms with E-state index in [1.165, 1.54) is 39.5 Å². The molecule has 4 heteroatoms. The van der Waals surface area contributed by atoms with Gasteiger partial charge in [0.05, 0.1) is 32.4 Å². The lowest BCUT2D eigenvalue weighted by molar-refractivity contribution is 0.324. The molecule has 28 heavy (non-hydrogen) atoms. The molecule has 2 aromatic heterocycles. The lowest BCUT2D eigenvalue weighted by atomic mass is 9.85. The second-order valence-electron chi connectivity index (χ2n) is 7.20. The molecule has 0 N–H and O–H groups in total. The van der Waals surface area contributed by atoms with E-state index >= 15 is 0 Å². The molecular weight excluding hydrogens is 350 g/mol. The second-order valence-corrected chi connectivity index (χ2v) is 7.20. The van der Waals surface area contributed by atoms with Gasteiger partial charge in [0.15, 0.2) is 11.5 Å². The Morgan fingerprint density at radius 3 is 2.29 bits per heavy atom. The minimum atomic E-state index is 0.621. The molecular formula is C24H23NO3. The number of hydrogen-bond acceptors (Lipinski definition) is 3. The van der Waals surface area contributed by atoms with E-state index in [0.717, 1.165) is 18.4 Å². The van der Waals surface area contributed by atoms with Gasteiger partial charge in [-0.1, -0.05) is 12.1 Å². The Morgan fingerprint density at radius 1 is 0.821 bits per heavy atom. The van der Waals surface area contributed by atoms with Crippen LogP contribution >= 0.6 is 0 Å². The summed E-state index contributed by atoms with van der Waals surface area (Å²) in [7, 11) is 4.96. The maximum atomic E-state index is 5.62. The number of aryl methyl sites for hydroxylation is 2. The predicted octanol–water partition coefficient (Wildman–Crippen LogP) is 5.27. The zero-order valence-corrected chi connectivity index (χ0v) is 16.4. The lowest BCUT2D eigenvalue weighted by Gasteiger charge is -2.23.